The molecule has 1 aromatic heterocycles. The average molecular weight is 579 g/mol. The number of carbonyl (C=O) groups excluding carboxylic acids is 1. The maximum atomic E-state index is 13.4. The fraction of sp³-hybridized carbons (Fsp3) is 0.407. The van der Waals surface area contributed by atoms with Gasteiger partial charge in [-0.15, -0.1) is 8.78 Å². The fourth-order valence-corrected chi connectivity index (χ4v) is 7.25. The van der Waals surface area contributed by atoms with E-state index in [2.05, 4.69) is 45.9 Å². The van der Waals surface area contributed by atoms with E-state index >= 15 is 0 Å². The van der Waals surface area contributed by atoms with E-state index in [1.807, 2.05) is 12.1 Å². The molecule has 0 spiro atoms. The van der Waals surface area contributed by atoms with Crippen LogP contribution in [-0.4, -0.2) is 54.2 Å². The van der Waals surface area contributed by atoms with E-state index in [1.165, 1.54) is 24.3 Å². The van der Waals surface area contributed by atoms with Crippen LogP contribution in [-0.2, 0) is 9.84 Å². The first kappa shape index (κ1) is 27.4. The summed E-state index contributed by atoms with van der Waals surface area (Å²) < 4.78 is 55.5. The lowest BCUT2D eigenvalue weighted by Gasteiger charge is -2.37. The molecule has 12 heteroatoms. The van der Waals surface area contributed by atoms with Crippen molar-refractivity contribution in [3.05, 3.63) is 59.8 Å². The Labute approximate surface area is 230 Å². The van der Waals surface area contributed by atoms with Gasteiger partial charge >= 0.3 is 5.57 Å². The molecule has 5 rings (SSSR count). The van der Waals surface area contributed by atoms with Crippen molar-refractivity contribution >= 4 is 38.7 Å². The summed E-state index contributed by atoms with van der Waals surface area (Å²) in [5, 5.41) is 9.89. The zero-order valence-corrected chi connectivity index (χ0v) is 23.2. The summed E-state index contributed by atoms with van der Waals surface area (Å²) in [6.07, 6.45) is 2.10. The molecule has 208 valence electrons. The molecule has 0 saturated carbocycles. The number of benzene rings is 2. The highest BCUT2D eigenvalue weighted by Crippen LogP contribution is 2.51. The smallest absolute Gasteiger partial charge is 0.420 e. The first-order valence-corrected chi connectivity index (χ1v) is 14.7. The Kier molecular flexibility index (Phi) is 6.87. The van der Waals surface area contributed by atoms with E-state index in [0.717, 1.165) is 16.8 Å². The van der Waals surface area contributed by atoms with E-state index in [9.17, 15) is 22.0 Å². The number of aromatic nitrogens is 2. The molecule has 0 aliphatic carbocycles. The molecular formula is C27H29ClF2N4O4S. The second-order valence-electron chi connectivity index (χ2n) is 11.2. The average Bonchev–Trinajstić information content (AvgIpc) is 3.45. The number of sulfone groups is 1. The zero-order chi connectivity index (χ0) is 28.2. The Bertz CT molecular complexity index is 1480. The number of fused-ring (bicyclic) bond motifs is 3. The van der Waals surface area contributed by atoms with Crippen LogP contribution in [0.2, 0.25) is 0 Å². The number of nitrogens with zero attached hydrogens (tertiary/aromatic N) is 2. The molecule has 1 amide bonds. The van der Waals surface area contributed by atoms with Crippen LogP contribution < -0.4 is 15.0 Å². The maximum Gasteiger partial charge on any atom is 0.487 e. The van der Waals surface area contributed by atoms with Crippen molar-refractivity contribution < 1.29 is 26.7 Å². The second kappa shape index (κ2) is 9.78. The summed E-state index contributed by atoms with van der Waals surface area (Å²) in [7, 11) is -3.20. The lowest BCUT2D eigenvalue weighted by Crippen LogP contribution is -2.46. The Hall–Kier alpha value is -3.18. The van der Waals surface area contributed by atoms with Crippen molar-refractivity contribution in [1.29, 1.82) is 0 Å². The monoisotopic (exact) mass is 578 g/mol. The highest BCUT2D eigenvalue weighted by Gasteiger charge is 2.46. The second-order valence-corrected chi connectivity index (χ2v) is 13.9. The van der Waals surface area contributed by atoms with Crippen LogP contribution in [0.5, 0.6) is 5.75 Å². The number of hydrogen-bond acceptors (Lipinski definition) is 6. The van der Waals surface area contributed by atoms with E-state index in [4.69, 9.17) is 11.6 Å². The molecule has 2 N–H and O–H groups in total. The van der Waals surface area contributed by atoms with Crippen LogP contribution in [0.3, 0.4) is 0 Å². The highest BCUT2D eigenvalue weighted by atomic mass is 35.5. The molecule has 0 radical (unpaired) electrons. The minimum absolute atomic E-state index is 0.0473. The van der Waals surface area contributed by atoms with Gasteiger partial charge in [-0.1, -0.05) is 20.8 Å². The summed E-state index contributed by atoms with van der Waals surface area (Å²) in [5.41, 5.74) is 0.142. The lowest BCUT2D eigenvalue weighted by molar-refractivity contribution is -0.0964. The van der Waals surface area contributed by atoms with Gasteiger partial charge in [0.15, 0.2) is 9.84 Å². The van der Waals surface area contributed by atoms with E-state index < -0.39 is 21.3 Å². The number of carbonyl (C=O) groups is 1. The summed E-state index contributed by atoms with van der Waals surface area (Å²) in [6, 6.07) is 10.6. The number of aromatic amines is 1. The van der Waals surface area contributed by atoms with Gasteiger partial charge in [0, 0.05) is 53.1 Å². The van der Waals surface area contributed by atoms with E-state index in [-0.39, 0.29) is 34.6 Å². The number of anilines is 2. The molecule has 39 heavy (non-hydrogen) atoms. The standard InChI is InChI=1S/C27H29ClF2N4O4S/c1-26(2,3)15-34-23-14-39(36,37)11-9-19(23)20-12-16(13-21(24(20)34)22-8-10-31-33-22)25(35)32-17-4-6-18(7-5-17)38-27(28,29)30/h4-8,10,12-13,19,23H,9,11,14-15H2,1-3H3,(H,31,33)(H,32,35). The number of nitrogens with one attached hydrogen (secondary N) is 2. The third-order valence-electron chi connectivity index (χ3n) is 6.90. The quantitative estimate of drug-likeness (QED) is 0.367. The molecule has 3 heterocycles. The van der Waals surface area contributed by atoms with Gasteiger partial charge in [0.2, 0.25) is 0 Å². The van der Waals surface area contributed by atoms with Crippen molar-refractivity contribution in [2.75, 3.05) is 28.3 Å². The van der Waals surface area contributed by atoms with Crippen LogP contribution in [0.1, 0.15) is 49.0 Å². The fourth-order valence-electron chi connectivity index (χ4n) is 5.45. The Morgan fingerprint density at radius 1 is 1.21 bits per heavy atom. The number of rotatable bonds is 6. The topological polar surface area (TPSA) is 104 Å². The summed E-state index contributed by atoms with van der Waals surface area (Å²) in [6.45, 7) is 6.97. The molecule has 2 aliphatic heterocycles. The van der Waals surface area contributed by atoms with Crippen molar-refractivity contribution in [2.45, 2.75) is 44.7 Å². The molecule has 8 nitrogen and oxygen atoms in total. The van der Waals surface area contributed by atoms with Gasteiger partial charge in [0.05, 0.1) is 22.9 Å². The van der Waals surface area contributed by atoms with Crippen molar-refractivity contribution in [3.63, 3.8) is 0 Å². The van der Waals surface area contributed by atoms with Gasteiger partial charge in [-0.25, -0.2) is 8.42 Å². The maximum absolute atomic E-state index is 13.4. The van der Waals surface area contributed by atoms with Crippen LogP contribution >= 0.6 is 11.6 Å². The molecule has 1 fully saturated rings. The molecule has 3 aromatic rings. The molecule has 2 unspecified atom stereocenters. The number of amides is 1. The van der Waals surface area contributed by atoms with Gasteiger partial charge < -0.3 is 15.0 Å². The van der Waals surface area contributed by atoms with Gasteiger partial charge in [0.1, 0.15) is 5.75 Å². The van der Waals surface area contributed by atoms with Crippen molar-refractivity contribution in [3.8, 4) is 17.0 Å². The summed E-state index contributed by atoms with van der Waals surface area (Å²) >= 11 is 4.82. The van der Waals surface area contributed by atoms with E-state index in [1.54, 1.807) is 12.3 Å². The van der Waals surface area contributed by atoms with Crippen LogP contribution in [0.15, 0.2) is 48.7 Å². The van der Waals surface area contributed by atoms with Crippen LogP contribution in [0.4, 0.5) is 20.2 Å². The minimum atomic E-state index is -3.84. The van der Waals surface area contributed by atoms with Gasteiger partial charge in [-0.2, -0.15) is 5.10 Å². The van der Waals surface area contributed by atoms with E-state index in [0.29, 0.717) is 29.9 Å². The SMILES string of the molecule is CC(C)(C)CN1c2c(-c3ccn[nH]3)cc(C(=O)Nc3ccc(OC(F)(F)Cl)cc3)cc2C2CCS(=O)(=O)CC21. The number of H-pyrrole nitrogens is 1. The first-order valence-electron chi connectivity index (χ1n) is 12.5. The van der Waals surface area contributed by atoms with Gasteiger partial charge in [0.25, 0.3) is 5.91 Å². The van der Waals surface area contributed by atoms with Crippen molar-refractivity contribution in [1.82, 2.24) is 10.2 Å². The van der Waals surface area contributed by atoms with Crippen LogP contribution in [0.25, 0.3) is 11.3 Å². The number of halogens is 3. The number of ether oxygens (including phenoxy) is 1. The normalized spacial score (nSPS) is 20.3. The molecule has 2 aromatic carbocycles. The Balaban J connectivity index is 1.54. The largest absolute Gasteiger partial charge is 0.487 e. The van der Waals surface area contributed by atoms with Crippen LogP contribution in [0, 0.1) is 5.41 Å². The number of alkyl halides is 3. The molecule has 0 bridgehead atoms. The lowest BCUT2D eigenvalue weighted by atomic mass is 9.90. The van der Waals surface area contributed by atoms with Gasteiger partial charge in [-0.05, 0) is 59.9 Å². The molecule has 1 saturated heterocycles. The molecule has 2 atom stereocenters. The van der Waals surface area contributed by atoms with Crippen molar-refractivity contribution in [2.24, 2.45) is 5.41 Å². The van der Waals surface area contributed by atoms with Gasteiger partial charge in [-0.3, -0.25) is 9.89 Å². The zero-order valence-electron chi connectivity index (χ0n) is 21.7. The number of hydrogen-bond donors (Lipinski definition) is 2. The Morgan fingerprint density at radius 2 is 1.92 bits per heavy atom. The Morgan fingerprint density at radius 3 is 2.54 bits per heavy atom. The minimum Gasteiger partial charge on any atom is -0.420 e. The first-order chi connectivity index (χ1) is 18.2. The highest BCUT2D eigenvalue weighted by molar-refractivity contribution is 7.91. The summed E-state index contributed by atoms with van der Waals surface area (Å²) in [5.74, 6) is -0.438. The molecule has 2 aliphatic rings. The predicted molar refractivity (Wildman–Crippen MR) is 146 cm³/mol. The molecular weight excluding hydrogens is 550 g/mol. The third kappa shape index (κ3) is 6.04. The third-order valence-corrected chi connectivity index (χ3v) is 8.68. The predicted octanol–water partition coefficient (Wildman–Crippen LogP) is 5.63. The summed E-state index contributed by atoms with van der Waals surface area (Å²) in [4.78, 5) is 15.6.